The smallest absolute Gasteiger partial charge is 0.295 e. The van der Waals surface area contributed by atoms with E-state index in [9.17, 15) is 14.7 Å². The van der Waals surface area contributed by atoms with Crippen molar-refractivity contribution in [2.24, 2.45) is 0 Å². The zero-order valence-corrected chi connectivity index (χ0v) is 24.3. The number of ether oxygens (including phenoxy) is 3. The summed E-state index contributed by atoms with van der Waals surface area (Å²) in [6.07, 6.45) is 0.702. The Hall–Kier alpha value is -4.14. The molecule has 1 N–H and O–H groups in total. The van der Waals surface area contributed by atoms with E-state index in [4.69, 9.17) is 14.2 Å². The third-order valence-electron chi connectivity index (χ3n) is 7.81. The summed E-state index contributed by atoms with van der Waals surface area (Å²) >= 11 is 0. The molecule has 8 nitrogen and oxygen atoms in total. The standard InChI is InChI=1S/C34H38N2O6/c1-3-41-28-13-9-25(10-14-28)31-30(33(38)34(39)36(31)18-6-17-35-19-21-40-22-20-35)32(37)26-11-15-29(16-12-26)42-23-27-8-5-4-7-24(27)2/h4-5,7-16,31,37H,3,6,17-23H2,1-2H3/b32-30+. The molecular formula is C34H38N2O6. The Kier molecular flexibility index (Phi) is 9.56. The summed E-state index contributed by atoms with van der Waals surface area (Å²) in [7, 11) is 0. The highest BCUT2D eigenvalue weighted by atomic mass is 16.5. The van der Waals surface area contributed by atoms with Gasteiger partial charge in [-0.2, -0.15) is 0 Å². The predicted molar refractivity (Wildman–Crippen MR) is 160 cm³/mol. The zero-order valence-electron chi connectivity index (χ0n) is 24.3. The average Bonchev–Trinajstić information content (AvgIpc) is 3.27. The van der Waals surface area contributed by atoms with Crippen molar-refractivity contribution in [2.75, 3.05) is 46.0 Å². The van der Waals surface area contributed by atoms with Crippen molar-refractivity contribution in [3.8, 4) is 11.5 Å². The molecule has 1 atom stereocenters. The number of rotatable bonds is 11. The fourth-order valence-electron chi connectivity index (χ4n) is 5.46. The normalized spacial score (nSPS) is 18.8. The fraction of sp³-hybridized carbons (Fsp3) is 0.353. The van der Waals surface area contributed by atoms with E-state index in [1.54, 1.807) is 29.2 Å². The van der Waals surface area contributed by atoms with E-state index in [0.717, 1.165) is 36.3 Å². The largest absolute Gasteiger partial charge is 0.507 e. The number of morpholine rings is 1. The summed E-state index contributed by atoms with van der Waals surface area (Å²) in [4.78, 5) is 30.6. The van der Waals surface area contributed by atoms with Crippen molar-refractivity contribution >= 4 is 17.4 Å². The number of benzene rings is 3. The molecule has 0 saturated carbocycles. The average molecular weight is 571 g/mol. The molecule has 0 aliphatic carbocycles. The summed E-state index contributed by atoms with van der Waals surface area (Å²) < 4.78 is 17.0. The van der Waals surface area contributed by atoms with Gasteiger partial charge >= 0.3 is 0 Å². The molecule has 2 aliphatic rings. The number of carbonyl (C=O) groups is 2. The molecule has 0 spiro atoms. The lowest BCUT2D eigenvalue weighted by molar-refractivity contribution is -0.140. The van der Waals surface area contributed by atoms with E-state index >= 15 is 0 Å². The van der Waals surface area contributed by atoms with Crippen LogP contribution in [0.3, 0.4) is 0 Å². The van der Waals surface area contributed by atoms with Crippen LogP contribution in [0.15, 0.2) is 78.4 Å². The Bertz CT molecular complexity index is 1410. The molecule has 42 heavy (non-hydrogen) atoms. The van der Waals surface area contributed by atoms with Crippen LogP contribution in [-0.4, -0.2) is 72.6 Å². The van der Waals surface area contributed by atoms with Gasteiger partial charge < -0.3 is 24.2 Å². The van der Waals surface area contributed by atoms with Crippen LogP contribution in [0.25, 0.3) is 5.76 Å². The number of hydrogen-bond donors (Lipinski definition) is 1. The molecule has 0 aromatic heterocycles. The second-order valence-electron chi connectivity index (χ2n) is 10.5. The Morgan fingerprint density at radius 3 is 2.26 bits per heavy atom. The number of nitrogens with zero attached hydrogens (tertiary/aromatic N) is 2. The lowest BCUT2D eigenvalue weighted by Gasteiger charge is -2.29. The topological polar surface area (TPSA) is 88.5 Å². The summed E-state index contributed by atoms with van der Waals surface area (Å²) in [5, 5.41) is 11.5. The second kappa shape index (κ2) is 13.7. The third-order valence-corrected chi connectivity index (χ3v) is 7.81. The number of carbonyl (C=O) groups excluding carboxylic acids is 2. The van der Waals surface area contributed by atoms with Crippen LogP contribution in [0.5, 0.6) is 11.5 Å². The molecule has 0 radical (unpaired) electrons. The maximum absolute atomic E-state index is 13.4. The predicted octanol–water partition coefficient (Wildman–Crippen LogP) is 5.12. The van der Waals surface area contributed by atoms with E-state index in [0.29, 0.717) is 56.5 Å². The van der Waals surface area contributed by atoms with Crippen LogP contribution in [0.2, 0.25) is 0 Å². The van der Waals surface area contributed by atoms with E-state index in [1.807, 2.05) is 62.4 Å². The first-order chi connectivity index (χ1) is 20.5. The number of aliphatic hydroxyl groups excluding tert-OH is 1. The molecule has 3 aromatic carbocycles. The highest BCUT2D eigenvalue weighted by Crippen LogP contribution is 2.40. The molecule has 1 amide bonds. The minimum absolute atomic E-state index is 0.0871. The van der Waals surface area contributed by atoms with E-state index in [1.165, 1.54) is 0 Å². The van der Waals surface area contributed by atoms with Crippen LogP contribution >= 0.6 is 0 Å². The van der Waals surface area contributed by atoms with Crippen molar-refractivity contribution in [1.82, 2.24) is 9.80 Å². The highest BCUT2D eigenvalue weighted by Gasteiger charge is 2.45. The van der Waals surface area contributed by atoms with E-state index in [2.05, 4.69) is 4.90 Å². The molecule has 0 bridgehead atoms. The van der Waals surface area contributed by atoms with Crippen LogP contribution in [0.1, 0.15) is 41.6 Å². The molecule has 8 heteroatoms. The lowest BCUT2D eigenvalue weighted by Crippen LogP contribution is -2.38. The molecule has 2 saturated heterocycles. The molecule has 2 heterocycles. The van der Waals surface area contributed by atoms with Gasteiger partial charge in [-0.3, -0.25) is 14.5 Å². The van der Waals surface area contributed by atoms with Crippen LogP contribution < -0.4 is 9.47 Å². The zero-order chi connectivity index (χ0) is 29.5. The first-order valence-electron chi connectivity index (χ1n) is 14.5. The monoisotopic (exact) mass is 570 g/mol. The van der Waals surface area contributed by atoms with Crippen molar-refractivity contribution in [1.29, 1.82) is 0 Å². The maximum Gasteiger partial charge on any atom is 0.295 e. The van der Waals surface area contributed by atoms with Gasteiger partial charge in [0.05, 0.1) is 31.4 Å². The lowest BCUT2D eigenvalue weighted by atomic mass is 9.95. The molecule has 5 rings (SSSR count). The quantitative estimate of drug-likeness (QED) is 0.195. The van der Waals surface area contributed by atoms with Gasteiger partial charge in [-0.15, -0.1) is 0 Å². The Balaban J connectivity index is 1.39. The molecule has 3 aromatic rings. The van der Waals surface area contributed by atoms with Gasteiger partial charge in [0.25, 0.3) is 11.7 Å². The van der Waals surface area contributed by atoms with Gasteiger partial charge in [-0.05, 0) is 73.4 Å². The second-order valence-corrected chi connectivity index (χ2v) is 10.5. The molecule has 220 valence electrons. The number of Topliss-reactive ketones (excluding diaryl/α,β-unsaturated/α-hetero) is 1. The summed E-state index contributed by atoms with van der Waals surface area (Å²) in [5.41, 5.74) is 3.51. The Labute approximate surface area is 247 Å². The minimum atomic E-state index is -0.706. The number of ketones is 1. The maximum atomic E-state index is 13.4. The Morgan fingerprint density at radius 2 is 1.57 bits per heavy atom. The molecular weight excluding hydrogens is 532 g/mol. The van der Waals surface area contributed by atoms with Gasteiger partial charge in [0.15, 0.2) is 0 Å². The van der Waals surface area contributed by atoms with Crippen molar-refractivity contribution < 1.29 is 28.9 Å². The van der Waals surface area contributed by atoms with Gasteiger partial charge in [0.1, 0.15) is 23.9 Å². The molecule has 2 aliphatic heterocycles. The summed E-state index contributed by atoms with van der Waals surface area (Å²) in [6.45, 7) is 9.20. The van der Waals surface area contributed by atoms with Crippen LogP contribution in [0.4, 0.5) is 0 Å². The number of hydrogen-bond acceptors (Lipinski definition) is 7. The number of likely N-dealkylation sites (tertiary alicyclic amines) is 1. The fourth-order valence-corrected chi connectivity index (χ4v) is 5.46. The van der Waals surface area contributed by atoms with Gasteiger partial charge in [0.2, 0.25) is 0 Å². The first kappa shape index (κ1) is 29.4. The summed E-state index contributed by atoms with van der Waals surface area (Å²) in [5.74, 6) is -0.144. The van der Waals surface area contributed by atoms with E-state index < -0.39 is 17.7 Å². The van der Waals surface area contributed by atoms with E-state index in [-0.39, 0.29) is 11.3 Å². The highest BCUT2D eigenvalue weighted by molar-refractivity contribution is 6.46. The first-order valence-corrected chi connectivity index (χ1v) is 14.5. The molecule has 1 unspecified atom stereocenters. The Morgan fingerprint density at radius 1 is 0.905 bits per heavy atom. The van der Waals surface area contributed by atoms with Crippen molar-refractivity contribution in [2.45, 2.75) is 32.9 Å². The minimum Gasteiger partial charge on any atom is -0.507 e. The van der Waals surface area contributed by atoms with Gasteiger partial charge in [-0.1, -0.05) is 36.4 Å². The van der Waals surface area contributed by atoms with Crippen molar-refractivity contribution in [3.05, 3.63) is 101 Å². The number of amides is 1. The van der Waals surface area contributed by atoms with Crippen LogP contribution in [0, 0.1) is 6.92 Å². The third kappa shape index (κ3) is 6.66. The number of aryl methyl sites for hydroxylation is 1. The van der Waals surface area contributed by atoms with Crippen molar-refractivity contribution in [3.63, 3.8) is 0 Å². The SMILES string of the molecule is CCOc1ccc(C2/C(=C(\O)c3ccc(OCc4ccccc4C)cc3)C(=O)C(=O)N2CCCN2CCOCC2)cc1. The van der Waals surface area contributed by atoms with Crippen LogP contribution in [-0.2, 0) is 20.9 Å². The molecule has 2 fully saturated rings. The summed E-state index contributed by atoms with van der Waals surface area (Å²) in [6, 6.07) is 21.6. The van der Waals surface area contributed by atoms with Gasteiger partial charge in [0, 0.05) is 31.7 Å². The number of aliphatic hydroxyl groups is 1. The van der Waals surface area contributed by atoms with Gasteiger partial charge in [-0.25, -0.2) is 0 Å².